The fourth-order valence-electron chi connectivity index (χ4n) is 5.33. The Kier molecular flexibility index (Phi) is 4.67. The molecule has 1 aliphatic carbocycles. The Hall–Kier alpha value is -3.12. The zero-order valence-electron chi connectivity index (χ0n) is 18.1. The van der Waals surface area contributed by atoms with Crippen LogP contribution in [-0.2, 0) is 17.3 Å². The van der Waals surface area contributed by atoms with E-state index >= 15 is 0 Å². The Balaban J connectivity index is 1.60. The average Bonchev–Trinajstić information content (AvgIpc) is 3.32. The lowest BCUT2D eigenvalue weighted by molar-refractivity contribution is -0.126. The third-order valence-corrected chi connectivity index (χ3v) is 7.62. The first kappa shape index (κ1) is 20.8. The molecule has 0 bridgehead atoms. The number of aryl methyl sites for hydroxylation is 1. The lowest BCUT2D eigenvalue weighted by Crippen LogP contribution is -2.35. The average molecular weight is 449 g/mol. The summed E-state index contributed by atoms with van der Waals surface area (Å²) in [6.07, 6.45) is 5.73. The molecular weight excluding hydrogens is 424 g/mol. The highest BCUT2D eigenvalue weighted by Gasteiger charge is 2.53. The van der Waals surface area contributed by atoms with Crippen LogP contribution in [0.25, 0.3) is 22.3 Å². The zero-order chi connectivity index (χ0) is 22.7. The van der Waals surface area contributed by atoms with Gasteiger partial charge in [-0.25, -0.2) is 4.98 Å². The Morgan fingerprint density at radius 1 is 1.19 bits per heavy atom. The van der Waals surface area contributed by atoms with Gasteiger partial charge in [-0.2, -0.15) is 0 Å². The minimum absolute atomic E-state index is 0.0531. The van der Waals surface area contributed by atoms with Crippen LogP contribution >= 0.6 is 11.6 Å². The molecule has 1 aliphatic heterocycles. The molecule has 2 aromatic heterocycles. The lowest BCUT2D eigenvalue weighted by atomic mass is 9.76. The third kappa shape index (κ3) is 3.05. The summed E-state index contributed by atoms with van der Waals surface area (Å²) in [6.45, 7) is 2.64. The predicted molar refractivity (Wildman–Crippen MR) is 127 cm³/mol. The number of pyridine rings is 2. The highest BCUT2D eigenvalue weighted by atomic mass is 35.5. The molecule has 1 spiro atoms. The van der Waals surface area contributed by atoms with Crippen LogP contribution in [0.2, 0.25) is 5.02 Å². The minimum atomic E-state index is -0.546. The molecule has 1 amide bonds. The maximum absolute atomic E-state index is 12.6. The van der Waals surface area contributed by atoms with Crippen LogP contribution in [0.3, 0.4) is 0 Å². The van der Waals surface area contributed by atoms with Crippen molar-refractivity contribution < 1.29 is 4.79 Å². The van der Waals surface area contributed by atoms with Gasteiger partial charge in [-0.3, -0.25) is 9.59 Å². The molecule has 0 radical (unpaired) electrons. The van der Waals surface area contributed by atoms with E-state index in [1.165, 1.54) is 0 Å². The molecule has 5 rings (SSSR count). The number of rotatable bonds is 3. The van der Waals surface area contributed by atoms with Crippen molar-refractivity contribution in [2.24, 2.45) is 18.2 Å². The number of hydrogen-bond acceptors (Lipinski definition) is 4. The number of benzene rings is 1. The summed E-state index contributed by atoms with van der Waals surface area (Å²) in [7, 11) is 1.74. The number of aromatic nitrogens is 2. The number of nitrogens with one attached hydrogen (secondary N) is 1. The van der Waals surface area contributed by atoms with Crippen molar-refractivity contribution in [3.8, 4) is 22.3 Å². The number of carbonyl (C=O) groups is 1. The van der Waals surface area contributed by atoms with Crippen molar-refractivity contribution in [1.82, 2.24) is 9.55 Å². The van der Waals surface area contributed by atoms with E-state index < -0.39 is 5.41 Å². The number of nitrogens with zero attached hydrogens (tertiary/aromatic N) is 2. The number of nitrogens with two attached hydrogens (primary N) is 1. The number of primary amides is 1. The molecular formula is C25H25ClN4O2. The first-order chi connectivity index (χ1) is 15.2. The van der Waals surface area contributed by atoms with Gasteiger partial charge in [0, 0.05) is 53.5 Å². The van der Waals surface area contributed by atoms with Gasteiger partial charge in [0.1, 0.15) is 5.82 Å². The topological polar surface area (TPSA) is 90.0 Å². The summed E-state index contributed by atoms with van der Waals surface area (Å²) in [5.74, 6) is 0.515. The number of carbonyl (C=O) groups excluding carboxylic acids is 1. The van der Waals surface area contributed by atoms with E-state index in [9.17, 15) is 9.59 Å². The van der Waals surface area contributed by atoms with Crippen LogP contribution in [0.1, 0.15) is 31.7 Å². The molecule has 6 nitrogen and oxygen atoms in total. The first-order valence-corrected chi connectivity index (χ1v) is 11.1. The number of anilines is 1. The van der Waals surface area contributed by atoms with E-state index in [1.54, 1.807) is 24.0 Å². The Labute approximate surface area is 191 Å². The van der Waals surface area contributed by atoms with Gasteiger partial charge in [0.05, 0.1) is 5.02 Å². The molecule has 2 aliphatic rings. The van der Waals surface area contributed by atoms with Crippen molar-refractivity contribution in [3.05, 3.63) is 69.7 Å². The van der Waals surface area contributed by atoms with E-state index in [0.29, 0.717) is 23.6 Å². The van der Waals surface area contributed by atoms with Crippen molar-refractivity contribution in [3.63, 3.8) is 0 Å². The second-order valence-electron chi connectivity index (χ2n) is 9.36. The smallest absolute Gasteiger partial charge is 0.258 e. The third-order valence-electron chi connectivity index (χ3n) is 7.23. The maximum atomic E-state index is 12.6. The first-order valence-electron chi connectivity index (χ1n) is 10.7. The molecule has 2 unspecified atom stereocenters. The van der Waals surface area contributed by atoms with Crippen molar-refractivity contribution >= 4 is 23.3 Å². The second-order valence-corrected chi connectivity index (χ2v) is 9.74. The van der Waals surface area contributed by atoms with E-state index in [2.05, 4.69) is 10.3 Å². The summed E-state index contributed by atoms with van der Waals surface area (Å²) in [5.41, 5.74) is 9.01. The minimum Gasteiger partial charge on any atom is -0.369 e. The van der Waals surface area contributed by atoms with Crippen molar-refractivity contribution in [1.29, 1.82) is 0 Å². The van der Waals surface area contributed by atoms with Crippen molar-refractivity contribution in [2.75, 3.05) is 11.9 Å². The SMILES string of the molecule is Cn1cccc(-c2cccc(-c3cnc4c(c3Cl)C3(CCC(C)(C(N)=O)C3)CN4)c2)c1=O. The summed E-state index contributed by atoms with van der Waals surface area (Å²) in [5, 5.41) is 4.03. The van der Waals surface area contributed by atoms with Gasteiger partial charge in [-0.05, 0) is 48.6 Å². The van der Waals surface area contributed by atoms with Crippen LogP contribution < -0.4 is 16.6 Å². The largest absolute Gasteiger partial charge is 0.369 e. The summed E-state index contributed by atoms with van der Waals surface area (Å²) in [6, 6.07) is 11.5. The summed E-state index contributed by atoms with van der Waals surface area (Å²) < 4.78 is 1.57. The van der Waals surface area contributed by atoms with Crippen LogP contribution in [0.5, 0.6) is 0 Å². The number of amides is 1. The van der Waals surface area contributed by atoms with Gasteiger partial charge in [-0.15, -0.1) is 0 Å². The fourth-order valence-corrected chi connectivity index (χ4v) is 5.78. The maximum Gasteiger partial charge on any atom is 0.258 e. The molecule has 0 saturated heterocycles. The molecule has 1 fully saturated rings. The Morgan fingerprint density at radius 3 is 2.66 bits per heavy atom. The zero-order valence-corrected chi connectivity index (χ0v) is 18.9. The molecule has 3 N–H and O–H groups in total. The molecule has 2 atom stereocenters. The van der Waals surface area contributed by atoms with Gasteiger partial charge in [0.15, 0.2) is 0 Å². The normalized spacial score (nSPS) is 23.8. The molecule has 32 heavy (non-hydrogen) atoms. The second kappa shape index (κ2) is 7.20. The van der Waals surface area contributed by atoms with E-state index in [4.69, 9.17) is 17.3 Å². The quantitative estimate of drug-likeness (QED) is 0.631. The van der Waals surface area contributed by atoms with E-state index in [1.807, 2.05) is 43.3 Å². The molecule has 7 heteroatoms. The highest BCUT2D eigenvalue weighted by molar-refractivity contribution is 6.34. The van der Waals surface area contributed by atoms with Gasteiger partial charge in [0.2, 0.25) is 5.91 Å². The number of hydrogen-bond donors (Lipinski definition) is 2. The molecule has 3 aromatic rings. The monoisotopic (exact) mass is 448 g/mol. The number of halogens is 1. The van der Waals surface area contributed by atoms with Crippen LogP contribution in [0, 0.1) is 5.41 Å². The van der Waals surface area contributed by atoms with Crippen LogP contribution in [-0.4, -0.2) is 22.0 Å². The van der Waals surface area contributed by atoms with Gasteiger partial charge in [-0.1, -0.05) is 36.7 Å². The Bertz CT molecular complexity index is 1320. The number of fused-ring (bicyclic) bond motifs is 2. The standard InChI is InChI=1S/C25H25ClN4O2/c1-24(23(27)32)8-9-25(13-24)14-29-21-19(25)20(26)18(12-28-21)16-6-3-5-15(11-16)17-7-4-10-30(2)22(17)31/h3-7,10-12H,8-9,13-14H2,1-2H3,(H2,27,32)(H,28,29). The molecule has 1 aromatic carbocycles. The Morgan fingerprint density at radius 2 is 1.94 bits per heavy atom. The fraction of sp³-hybridized carbons (Fsp3) is 0.320. The van der Waals surface area contributed by atoms with Gasteiger partial charge in [0.25, 0.3) is 5.56 Å². The summed E-state index contributed by atoms with van der Waals surface area (Å²) in [4.78, 5) is 29.4. The molecule has 164 valence electrons. The van der Waals surface area contributed by atoms with E-state index in [0.717, 1.165) is 40.9 Å². The van der Waals surface area contributed by atoms with Gasteiger partial charge >= 0.3 is 0 Å². The molecule has 3 heterocycles. The van der Waals surface area contributed by atoms with Crippen LogP contribution in [0.4, 0.5) is 5.82 Å². The lowest BCUT2D eigenvalue weighted by Gasteiger charge is -2.27. The summed E-state index contributed by atoms with van der Waals surface area (Å²) >= 11 is 7.02. The van der Waals surface area contributed by atoms with Crippen LogP contribution in [0.15, 0.2) is 53.6 Å². The predicted octanol–water partition coefficient (Wildman–Crippen LogP) is 4.11. The van der Waals surface area contributed by atoms with Gasteiger partial charge < -0.3 is 15.6 Å². The van der Waals surface area contributed by atoms with Crippen molar-refractivity contribution in [2.45, 2.75) is 31.6 Å². The van der Waals surface area contributed by atoms with E-state index in [-0.39, 0.29) is 16.9 Å². The highest BCUT2D eigenvalue weighted by Crippen LogP contribution is 2.57. The molecule has 1 saturated carbocycles.